The second-order valence-electron chi connectivity index (χ2n) is 3.08. The fourth-order valence-corrected chi connectivity index (χ4v) is 2.44. The van der Waals surface area contributed by atoms with Crippen LogP contribution in [0.4, 0.5) is 0 Å². The van der Waals surface area contributed by atoms with E-state index in [1.165, 1.54) is 0 Å². The van der Waals surface area contributed by atoms with E-state index in [0.29, 0.717) is 10.9 Å². The van der Waals surface area contributed by atoms with Gasteiger partial charge in [-0.1, -0.05) is 22.0 Å². The van der Waals surface area contributed by atoms with Crippen molar-refractivity contribution < 1.29 is 4.79 Å². The third-order valence-electron chi connectivity index (χ3n) is 2.23. The smallest absolute Gasteiger partial charge is 0.150 e. The van der Waals surface area contributed by atoms with Crippen LogP contribution >= 0.6 is 31.9 Å². The van der Waals surface area contributed by atoms with E-state index in [0.717, 1.165) is 27.2 Å². The zero-order chi connectivity index (χ0) is 10.8. The standard InChI is InChI=1S/C11H7Br2NO/c12-5-7-1-2-9(13)11-10(7)8(6-15)3-4-14-11/h1-4,6H,5H2. The predicted molar refractivity (Wildman–Crippen MR) is 67.5 cm³/mol. The molecule has 0 spiro atoms. The van der Waals surface area contributed by atoms with Crippen LogP contribution in [0.1, 0.15) is 15.9 Å². The maximum Gasteiger partial charge on any atom is 0.150 e. The lowest BCUT2D eigenvalue weighted by Gasteiger charge is -2.06. The Hall–Kier alpha value is -0.740. The Labute approximate surface area is 104 Å². The van der Waals surface area contributed by atoms with Gasteiger partial charge in [0.05, 0.1) is 5.52 Å². The van der Waals surface area contributed by atoms with E-state index in [9.17, 15) is 4.79 Å². The van der Waals surface area contributed by atoms with Gasteiger partial charge in [0.15, 0.2) is 6.29 Å². The Morgan fingerprint density at radius 2 is 2.13 bits per heavy atom. The van der Waals surface area contributed by atoms with E-state index in [2.05, 4.69) is 36.8 Å². The molecular weight excluding hydrogens is 322 g/mol. The summed E-state index contributed by atoms with van der Waals surface area (Å²) in [5.74, 6) is 0. The molecule has 4 heteroatoms. The molecule has 0 N–H and O–H groups in total. The van der Waals surface area contributed by atoms with Gasteiger partial charge in [0.25, 0.3) is 0 Å². The van der Waals surface area contributed by atoms with Crippen LogP contribution in [0.5, 0.6) is 0 Å². The van der Waals surface area contributed by atoms with E-state index in [1.807, 2.05) is 12.1 Å². The average molecular weight is 329 g/mol. The van der Waals surface area contributed by atoms with E-state index in [4.69, 9.17) is 0 Å². The second kappa shape index (κ2) is 4.41. The number of nitrogens with zero attached hydrogens (tertiary/aromatic N) is 1. The molecule has 15 heavy (non-hydrogen) atoms. The number of carbonyl (C=O) groups excluding carboxylic acids is 1. The van der Waals surface area contributed by atoms with Gasteiger partial charge in [-0.3, -0.25) is 9.78 Å². The lowest BCUT2D eigenvalue weighted by Crippen LogP contribution is -1.92. The van der Waals surface area contributed by atoms with Crippen LogP contribution < -0.4 is 0 Å². The minimum atomic E-state index is 0.677. The molecule has 0 aliphatic carbocycles. The average Bonchev–Trinajstić information content (AvgIpc) is 2.29. The van der Waals surface area contributed by atoms with E-state index < -0.39 is 0 Å². The third-order valence-corrected chi connectivity index (χ3v) is 3.48. The first-order valence-electron chi connectivity index (χ1n) is 4.35. The van der Waals surface area contributed by atoms with Gasteiger partial charge in [-0.15, -0.1) is 0 Å². The predicted octanol–water partition coefficient (Wildman–Crippen LogP) is 3.70. The van der Waals surface area contributed by atoms with Crippen molar-refractivity contribution >= 4 is 49.0 Å². The molecule has 2 nitrogen and oxygen atoms in total. The van der Waals surface area contributed by atoms with Crippen LogP contribution in [0.2, 0.25) is 0 Å². The van der Waals surface area contributed by atoms with Gasteiger partial charge in [-0.25, -0.2) is 0 Å². The molecule has 0 aliphatic rings. The summed E-state index contributed by atoms with van der Waals surface area (Å²) >= 11 is 6.84. The second-order valence-corrected chi connectivity index (χ2v) is 4.50. The monoisotopic (exact) mass is 327 g/mol. The lowest BCUT2D eigenvalue weighted by atomic mass is 10.1. The van der Waals surface area contributed by atoms with Crippen LogP contribution in [0.15, 0.2) is 28.9 Å². The number of alkyl halides is 1. The molecular formula is C11H7Br2NO. The summed E-state index contributed by atoms with van der Waals surface area (Å²) in [6.07, 6.45) is 2.51. The van der Waals surface area contributed by atoms with Crippen molar-refractivity contribution in [3.05, 3.63) is 40.0 Å². The summed E-state index contributed by atoms with van der Waals surface area (Å²) in [5.41, 5.74) is 2.58. The van der Waals surface area contributed by atoms with Gasteiger partial charge in [-0.05, 0) is 33.6 Å². The van der Waals surface area contributed by atoms with Crippen LogP contribution in [0, 0.1) is 0 Å². The fraction of sp³-hybridized carbons (Fsp3) is 0.0909. The van der Waals surface area contributed by atoms with Gasteiger partial charge < -0.3 is 0 Å². The highest BCUT2D eigenvalue weighted by Crippen LogP contribution is 2.28. The van der Waals surface area contributed by atoms with Crippen molar-refractivity contribution in [2.75, 3.05) is 0 Å². The molecule has 1 aromatic carbocycles. The van der Waals surface area contributed by atoms with Gasteiger partial charge in [0.2, 0.25) is 0 Å². The van der Waals surface area contributed by atoms with Crippen molar-refractivity contribution in [1.29, 1.82) is 0 Å². The topological polar surface area (TPSA) is 30.0 Å². The first-order chi connectivity index (χ1) is 7.27. The number of aldehydes is 1. The molecule has 0 unspecified atom stereocenters. The summed E-state index contributed by atoms with van der Waals surface area (Å²) < 4.78 is 0.908. The zero-order valence-corrected chi connectivity index (χ0v) is 10.9. The highest BCUT2D eigenvalue weighted by molar-refractivity contribution is 9.10. The highest BCUT2D eigenvalue weighted by atomic mass is 79.9. The normalized spacial score (nSPS) is 10.5. The summed E-state index contributed by atoms with van der Waals surface area (Å²) in [5, 5.41) is 1.63. The van der Waals surface area contributed by atoms with Crippen molar-refractivity contribution in [2.45, 2.75) is 5.33 Å². The minimum absolute atomic E-state index is 0.677. The Morgan fingerprint density at radius 1 is 1.33 bits per heavy atom. The third kappa shape index (κ3) is 1.84. The summed E-state index contributed by atoms with van der Waals surface area (Å²) in [6.45, 7) is 0. The zero-order valence-electron chi connectivity index (χ0n) is 7.71. The molecule has 0 radical (unpaired) electrons. The Kier molecular flexibility index (Phi) is 3.17. The Bertz CT molecular complexity index is 525. The van der Waals surface area contributed by atoms with Gasteiger partial charge in [0.1, 0.15) is 0 Å². The van der Waals surface area contributed by atoms with Crippen LogP contribution in [-0.2, 0) is 5.33 Å². The maximum atomic E-state index is 10.9. The van der Waals surface area contributed by atoms with Crippen molar-refractivity contribution in [3.63, 3.8) is 0 Å². The van der Waals surface area contributed by atoms with E-state index in [-0.39, 0.29) is 0 Å². The largest absolute Gasteiger partial charge is 0.298 e. The summed E-state index contributed by atoms with van der Waals surface area (Å²) in [4.78, 5) is 15.2. The SMILES string of the molecule is O=Cc1ccnc2c(Br)ccc(CBr)c12. The molecule has 0 fully saturated rings. The van der Waals surface area contributed by atoms with E-state index in [1.54, 1.807) is 12.3 Å². The Balaban J connectivity index is 2.94. The fourth-order valence-electron chi connectivity index (χ4n) is 1.54. The number of carbonyl (C=O) groups is 1. The number of hydrogen-bond donors (Lipinski definition) is 0. The number of benzene rings is 1. The van der Waals surface area contributed by atoms with E-state index >= 15 is 0 Å². The Morgan fingerprint density at radius 3 is 2.80 bits per heavy atom. The molecule has 76 valence electrons. The number of fused-ring (bicyclic) bond motifs is 1. The number of hydrogen-bond acceptors (Lipinski definition) is 2. The van der Waals surface area contributed by atoms with Crippen LogP contribution in [0.3, 0.4) is 0 Å². The first kappa shape index (κ1) is 10.8. The number of pyridine rings is 1. The van der Waals surface area contributed by atoms with Crippen molar-refractivity contribution in [2.24, 2.45) is 0 Å². The van der Waals surface area contributed by atoms with Crippen LogP contribution in [0.25, 0.3) is 10.9 Å². The molecule has 1 aromatic heterocycles. The van der Waals surface area contributed by atoms with Gasteiger partial charge in [0, 0.05) is 26.9 Å². The van der Waals surface area contributed by atoms with Gasteiger partial charge >= 0.3 is 0 Å². The molecule has 2 rings (SSSR count). The molecule has 0 saturated heterocycles. The van der Waals surface area contributed by atoms with Crippen molar-refractivity contribution in [1.82, 2.24) is 4.98 Å². The molecule has 0 bridgehead atoms. The van der Waals surface area contributed by atoms with Gasteiger partial charge in [-0.2, -0.15) is 0 Å². The maximum absolute atomic E-state index is 10.9. The molecule has 1 heterocycles. The lowest BCUT2D eigenvalue weighted by molar-refractivity contribution is 0.112. The molecule has 0 saturated carbocycles. The summed E-state index contributed by atoms with van der Waals surface area (Å²) in [7, 11) is 0. The molecule has 2 aromatic rings. The summed E-state index contributed by atoms with van der Waals surface area (Å²) in [6, 6.07) is 5.66. The highest BCUT2D eigenvalue weighted by Gasteiger charge is 2.08. The molecule has 0 aliphatic heterocycles. The van der Waals surface area contributed by atoms with Crippen molar-refractivity contribution in [3.8, 4) is 0 Å². The first-order valence-corrected chi connectivity index (χ1v) is 6.26. The number of halogens is 2. The number of rotatable bonds is 2. The van der Waals surface area contributed by atoms with Crippen LogP contribution in [-0.4, -0.2) is 11.3 Å². The number of aromatic nitrogens is 1. The minimum Gasteiger partial charge on any atom is -0.298 e. The molecule has 0 atom stereocenters. The molecule has 0 amide bonds. The quantitative estimate of drug-likeness (QED) is 0.621.